The third-order valence-electron chi connectivity index (χ3n) is 3.90. The number of guanidine groups is 1. The molecule has 0 radical (unpaired) electrons. The van der Waals surface area contributed by atoms with E-state index >= 15 is 0 Å². The molecule has 2 rings (SSSR count). The Hall–Kier alpha value is -0.0800. The lowest BCUT2D eigenvalue weighted by atomic mass is 10.2. The first-order valence-corrected chi connectivity index (χ1v) is 7.72. The Morgan fingerprint density at radius 1 is 1.25 bits per heavy atom. The van der Waals surface area contributed by atoms with Crippen molar-refractivity contribution in [2.24, 2.45) is 10.7 Å². The summed E-state index contributed by atoms with van der Waals surface area (Å²) in [7, 11) is 0. The van der Waals surface area contributed by atoms with Gasteiger partial charge < -0.3 is 20.7 Å². The van der Waals surface area contributed by atoms with E-state index in [9.17, 15) is 0 Å². The Morgan fingerprint density at radius 3 is 2.75 bits per heavy atom. The zero-order valence-electron chi connectivity index (χ0n) is 12.4. The predicted octanol–water partition coefficient (Wildman–Crippen LogP) is 1.56. The average molecular weight is 396 g/mol. The van der Waals surface area contributed by atoms with Gasteiger partial charge in [-0.25, -0.2) is 0 Å². The normalized spacial score (nSPS) is 23.8. The van der Waals surface area contributed by atoms with Gasteiger partial charge in [-0.05, 0) is 58.2 Å². The van der Waals surface area contributed by atoms with Crippen LogP contribution < -0.4 is 11.1 Å². The van der Waals surface area contributed by atoms with E-state index in [1.807, 2.05) is 0 Å². The standard InChI is InChI=1S/C14H28N4O.HI/c15-14(17-12-13-6-5-11-19-13)16-7-1-2-8-18-9-3-4-10-18;/h13H,1-12H2,(H3,15,16,17);1H. The van der Waals surface area contributed by atoms with Crippen molar-refractivity contribution in [2.45, 2.75) is 44.6 Å². The van der Waals surface area contributed by atoms with E-state index in [1.54, 1.807) is 0 Å². The van der Waals surface area contributed by atoms with E-state index in [0.717, 1.165) is 32.4 Å². The molecule has 118 valence electrons. The van der Waals surface area contributed by atoms with Gasteiger partial charge in [0.1, 0.15) is 0 Å². The summed E-state index contributed by atoms with van der Waals surface area (Å²) >= 11 is 0. The van der Waals surface area contributed by atoms with Gasteiger partial charge in [0.25, 0.3) is 0 Å². The lowest BCUT2D eigenvalue weighted by molar-refractivity contribution is 0.118. The number of hydrogen-bond donors (Lipinski definition) is 2. The van der Waals surface area contributed by atoms with E-state index in [2.05, 4.69) is 15.2 Å². The monoisotopic (exact) mass is 396 g/mol. The van der Waals surface area contributed by atoms with Gasteiger partial charge in [-0.2, -0.15) is 0 Å². The maximum absolute atomic E-state index is 5.83. The molecule has 0 amide bonds. The van der Waals surface area contributed by atoms with Gasteiger partial charge in [-0.3, -0.25) is 4.99 Å². The van der Waals surface area contributed by atoms with Crippen molar-refractivity contribution in [1.29, 1.82) is 0 Å². The molecule has 0 aromatic heterocycles. The molecule has 2 heterocycles. The fourth-order valence-electron chi connectivity index (χ4n) is 2.73. The Morgan fingerprint density at radius 2 is 2.05 bits per heavy atom. The van der Waals surface area contributed by atoms with E-state index in [4.69, 9.17) is 10.5 Å². The van der Waals surface area contributed by atoms with Crippen LogP contribution >= 0.6 is 24.0 Å². The van der Waals surface area contributed by atoms with Gasteiger partial charge in [0.15, 0.2) is 5.96 Å². The summed E-state index contributed by atoms with van der Waals surface area (Å²) in [6, 6.07) is 0. The minimum absolute atomic E-state index is 0. The summed E-state index contributed by atoms with van der Waals surface area (Å²) in [5, 5.41) is 3.19. The molecule has 0 aromatic carbocycles. The lowest BCUT2D eigenvalue weighted by Gasteiger charge is -2.14. The Balaban J connectivity index is 0.00000200. The summed E-state index contributed by atoms with van der Waals surface area (Å²) in [4.78, 5) is 6.88. The highest BCUT2D eigenvalue weighted by Crippen LogP contribution is 2.11. The molecule has 2 fully saturated rings. The van der Waals surface area contributed by atoms with Crippen molar-refractivity contribution in [3.8, 4) is 0 Å². The maximum Gasteiger partial charge on any atom is 0.188 e. The van der Waals surface area contributed by atoms with Crippen LogP contribution in [-0.2, 0) is 4.74 Å². The lowest BCUT2D eigenvalue weighted by Crippen LogP contribution is -2.33. The van der Waals surface area contributed by atoms with Crippen molar-refractivity contribution in [3.05, 3.63) is 0 Å². The largest absolute Gasteiger partial charge is 0.376 e. The molecular weight excluding hydrogens is 367 g/mol. The van der Waals surface area contributed by atoms with Gasteiger partial charge in [0.2, 0.25) is 0 Å². The third-order valence-corrected chi connectivity index (χ3v) is 3.90. The Kier molecular flexibility index (Phi) is 9.54. The van der Waals surface area contributed by atoms with Crippen LogP contribution in [0.1, 0.15) is 38.5 Å². The predicted molar refractivity (Wildman–Crippen MR) is 93.8 cm³/mol. The van der Waals surface area contributed by atoms with Gasteiger partial charge in [-0.1, -0.05) is 0 Å². The number of hydrogen-bond acceptors (Lipinski definition) is 3. The molecule has 3 N–H and O–H groups in total. The van der Waals surface area contributed by atoms with Crippen molar-refractivity contribution >= 4 is 29.9 Å². The second kappa shape index (κ2) is 10.6. The van der Waals surface area contributed by atoms with Crippen LogP contribution in [0.2, 0.25) is 0 Å². The second-order valence-electron chi connectivity index (χ2n) is 5.54. The molecule has 2 aliphatic heterocycles. The number of halogens is 1. The van der Waals surface area contributed by atoms with Crippen LogP contribution in [-0.4, -0.2) is 56.3 Å². The van der Waals surface area contributed by atoms with Gasteiger partial charge >= 0.3 is 0 Å². The minimum Gasteiger partial charge on any atom is -0.376 e. The van der Waals surface area contributed by atoms with E-state index in [0.29, 0.717) is 12.5 Å². The molecule has 0 aliphatic carbocycles. The Labute approximate surface area is 139 Å². The summed E-state index contributed by atoms with van der Waals surface area (Å²) in [5.41, 5.74) is 5.83. The molecule has 1 unspecified atom stereocenters. The van der Waals surface area contributed by atoms with E-state index in [-0.39, 0.29) is 30.1 Å². The molecule has 6 heteroatoms. The van der Waals surface area contributed by atoms with Gasteiger partial charge in [-0.15, -0.1) is 24.0 Å². The molecule has 1 atom stereocenters. The number of unbranched alkanes of at least 4 members (excludes halogenated alkanes) is 1. The first-order valence-electron chi connectivity index (χ1n) is 7.72. The Bertz CT molecular complexity index is 276. The highest BCUT2D eigenvalue weighted by Gasteiger charge is 2.14. The van der Waals surface area contributed by atoms with Crippen molar-refractivity contribution < 1.29 is 4.74 Å². The molecule has 0 aromatic rings. The SMILES string of the molecule is I.NC(=NCC1CCCO1)NCCCCN1CCCC1. The molecule has 0 spiro atoms. The van der Waals surface area contributed by atoms with Crippen LogP contribution in [0.25, 0.3) is 0 Å². The van der Waals surface area contributed by atoms with E-state index < -0.39 is 0 Å². The maximum atomic E-state index is 5.83. The van der Waals surface area contributed by atoms with Crippen LogP contribution in [0, 0.1) is 0 Å². The first-order chi connectivity index (χ1) is 9.34. The van der Waals surface area contributed by atoms with Crippen LogP contribution in [0.5, 0.6) is 0 Å². The van der Waals surface area contributed by atoms with Crippen molar-refractivity contribution in [1.82, 2.24) is 10.2 Å². The molecule has 0 bridgehead atoms. The molecule has 2 saturated heterocycles. The molecular formula is C14H29IN4O. The number of aliphatic imine (C=N–C) groups is 1. The molecule has 5 nitrogen and oxygen atoms in total. The number of nitrogens with zero attached hydrogens (tertiary/aromatic N) is 2. The van der Waals surface area contributed by atoms with Crippen molar-refractivity contribution in [2.75, 3.05) is 39.3 Å². The minimum atomic E-state index is 0. The topological polar surface area (TPSA) is 62.9 Å². The number of rotatable bonds is 7. The highest BCUT2D eigenvalue weighted by atomic mass is 127. The number of likely N-dealkylation sites (tertiary alicyclic amines) is 1. The number of nitrogens with two attached hydrogens (primary N) is 1. The van der Waals surface area contributed by atoms with Crippen LogP contribution in [0.15, 0.2) is 4.99 Å². The zero-order valence-corrected chi connectivity index (χ0v) is 14.7. The second-order valence-corrected chi connectivity index (χ2v) is 5.54. The summed E-state index contributed by atoms with van der Waals surface area (Å²) < 4.78 is 5.51. The molecule has 0 saturated carbocycles. The quantitative estimate of drug-likeness (QED) is 0.297. The smallest absolute Gasteiger partial charge is 0.188 e. The summed E-state index contributed by atoms with van der Waals surface area (Å²) in [6.45, 7) is 6.32. The summed E-state index contributed by atoms with van der Waals surface area (Å²) in [5.74, 6) is 0.566. The molecule has 20 heavy (non-hydrogen) atoms. The average Bonchev–Trinajstić information content (AvgIpc) is 3.09. The number of ether oxygens (including phenoxy) is 1. The zero-order chi connectivity index (χ0) is 13.3. The third kappa shape index (κ3) is 7.08. The highest BCUT2D eigenvalue weighted by molar-refractivity contribution is 14.0. The van der Waals surface area contributed by atoms with E-state index in [1.165, 1.54) is 38.9 Å². The van der Waals surface area contributed by atoms with Crippen LogP contribution in [0.4, 0.5) is 0 Å². The van der Waals surface area contributed by atoms with Gasteiger partial charge in [0.05, 0.1) is 12.6 Å². The summed E-state index contributed by atoms with van der Waals surface area (Å²) in [6.07, 6.45) is 7.72. The number of nitrogens with one attached hydrogen (secondary N) is 1. The fourth-order valence-corrected chi connectivity index (χ4v) is 2.73. The van der Waals surface area contributed by atoms with Crippen LogP contribution in [0.3, 0.4) is 0 Å². The van der Waals surface area contributed by atoms with Crippen molar-refractivity contribution in [3.63, 3.8) is 0 Å². The first kappa shape index (κ1) is 18.0. The van der Waals surface area contributed by atoms with Gasteiger partial charge in [0, 0.05) is 13.2 Å². The molecule has 2 aliphatic rings. The fraction of sp³-hybridized carbons (Fsp3) is 0.929.